The van der Waals surface area contributed by atoms with Gasteiger partial charge in [0.2, 0.25) is 5.28 Å². The summed E-state index contributed by atoms with van der Waals surface area (Å²) < 4.78 is 1.81. The van der Waals surface area contributed by atoms with Gasteiger partial charge in [-0.1, -0.05) is 0 Å². The molecule has 5 heteroatoms. The molecule has 0 aliphatic carbocycles. The lowest BCUT2D eigenvalue weighted by molar-refractivity contribution is 0.670. The molecule has 0 aliphatic heterocycles. The first kappa shape index (κ1) is 9.15. The van der Waals surface area contributed by atoms with Gasteiger partial charge in [-0.15, -0.1) is 0 Å². The van der Waals surface area contributed by atoms with Crippen molar-refractivity contribution in [3.8, 4) is 0 Å². The van der Waals surface area contributed by atoms with E-state index >= 15 is 0 Å². The molecule has 2 rings (SSSR count). The minimum absolute atomic E-state index is 0.270. The number of aryl methyl sites for hydroxylation is 1. The van der Waals surface area contributed by atoms with Gasteiger partial charge in [0.1, 0.15) is 0 Å². The minimum atomic E-state index is 0.270. The highest BCUT2D eigenvalue weighted by atomic mass is 35.5. The third kappa shape index (κ3) is 2.09. The Morgan fingerprint density at radius 3 is 3.00 bits per heavy atom. The normalized spacial score (nSPS) is 10.4. The molecule has 2 aromatic rings. The topological polar surface area (TPSA) is 43.6 Å². The van der Waals surface area contributed by atoms with E-state index in [2.05, 4.69) is 15.1 Å². The van der Waals surface area contributed by atoms with Gasteiger partial charge in [-0.05, 0) is 30.2 Å². The van der Waals surface area contributed by atoms with E-state index in [1.54, 1.807) is 6.20 Å². The molecule has 14 heavy (non-hydrogen) atoms. The molecule has 0 aromatic carbocycles. The van der Waals surface area contributed by atoms with Crippen molar-refractivity contribution in [3.05, 3.63) is 41.2 Å². The van der Waals surface area contributed by atoms with E-state index < -0.39 is 0 Å². The Kier molecular flexibility index (Phi) is 2.45. The fraction of sp³-hybridized carbons (Fsp3) is 0.222. The molecule has 0 saturated carbocycles. The summed E-state index contributed by atoms with van der Waals surface area (Å²) in [5.74, 6) is 0. The van der Waals surface area contributed by atoms with Crippen LogP contribution in [0, 0.1) is 6.92 Å². The molecule has 0 N–H and O–H groups in total. The SMILES string of the molecule is Cc1cnn(Cc2ccnc(Cl)n2)c1. The first-order valence-corrected chi connectivity index (χ1v) is 4.58. The van der Waals surface area contributed by atoms with E-state index in [1.165, 1.54) is 0 Å². The predicted molar refractivity (Wildman–Crippen MR) is 53.1 cm³/mol. The fourth-order valence-electron chi connectivity index (χ4n) is 1.18. The van der Waals surface area contributed by atoms with Crippen LogP contribution >= 0.6 is 11.6 Å². The van der Waals surface area contributed by atoms with E-state index in [9.17, 15) is 0 Å². The molecule has 2 aromatic heterocycles. The number of hydrogen-bond donors (Lipinski definition) is 0. The average Bonchev–Trinajstić information content (AvgIpc) is 2.51. The molecule has 0 bridgehead atoms. The van der Waals surface area contributed by atoms with Crippen LogP contribution in [0.1, 0.15) is 11.3 Å². The van der Waals surface area contributed by atoms with Crippen LogP contribution in [0.3, 0.4) is 0 Å². The maximum Gasteiger partial charge on any atom is 0.222 e. The van der Waals surface area contributed by atoms with E-state index in [1.807, 2.05) is 30.1 Å². The summed E-state index contributed by atoms with van der Waals surface area (Å²) in [7, 11) is 0. The van der Waals surface area contributed by atoms with Crippen molar-refractivity contribution in [1.82, 2.24) is 19.7 Å². The van der Waals surface area contributed by atoms with Gasteiger partial charge in [-0.3, -0.25) is 4.68 Å². The van der Waals surface area contributed by atoms with Crippen molar-refractivity contribution in [2.75, 3.05) is 0 Å². The predicted octanol–water partition coefficient (Wildman–Crippen LogP) is 1.68. The molecule has 0 atom stereocenters. The van der Waals surface area contributed by atoms with Crippen molar-refractivity contribution in [2.24, 2.45) is 0 Å². The van der Waals surface area contributed by atoms with Crippen LogP contribution in [0.25, 0.3) is 0 Å². The molecule has 0 spiro atoms. The minimum Gasteiger partial charge on any atom is -0.266 e. The average molecular weight is 209 g/mol. The quantitative estimate of drug-likeness (QED) is 0.706. The molecule has 72 valence electrons. The Bertz CT molecular complexity index is 438. The molecule has 4 nitrogen and oxygen atoms in total. The molecule has 0 fully saturated rings. The zero-order valence-corrected chi connectivity index (χ0v) is 8.44. The van der Waals surface area contributed by atoms with Crippen LogP contribution in [0.4, 0.5) is 0 Å². The van der Waals surface area contributed by atoms with Crippen molar-refractivity contribution < 1.29 is 0 Å². The summed E-state index contributed by atoms with van der Waals surface area (Å²) in [5.41, 5.74) is 1.98. The lowest BCUT2D eigenvalue weighted by atomic mass is 10.4. The van der Waals surface area contributed by atoms with Crippen LogP contribution in [0.5, 0.6) is 0 Å². The Morgan fingerprint density at radius 2 is 2.36 bits per heavy atom. The van der Waals surface area contributed by atoms with E-state index in [4.69, 9.17) is 11.6 Å². The number of aromatic nitrogens is 4. The molecule has 0 radical (unpaired) electrons. The zero-order chi connectivity index (χ0) is 9.97. The highest BCUT2D eigenvalue weighted by Gasteiger charge is 1.99. The summed E-state index contributed by atoms with van der Waals surface area (Å²) in [6.07, 6.45) is 5.40. The number of rotatable bonds is 2. The third-order valence-electron chi connectivity index (χ3n) is 1.77. The van der Waals surface area contributed by atoms with E-state index in [0.29, 0.717) is 6.54 Å². The summed E-state index contributed by atoms with van der Waals surface area (Å²) in [6.45, 7) is 2.62. The first-order valence-electron chi connectivity index (χ1n) is 4.20. The van der Waals surface area contributed by atoms with Crippen LogP contribution in [0.15, 0.2) is 24.7 Å². The summed E-state index contributed by atoms with van der Waals surface area (Å²) in [5, 5.41) is 4.42. The van der Waals surface area contributed by atoms with Crippen LogP contribution < -0.4 is 0 Å². The molecule has 2 heterocycles. The third-order valence-corrected chi connectivity index (χ3v) is 1.95. The molecular weight excluding hydrogens is 200 g/mol. The van der Waals surface area contributed by atoms with Gasteiger partial charge in [-0.25, -0.2) is 9.97 Å². The maximum absolute atomic E-state index is 5.66. The summed E-state index contributed by atoms with van der Waals surface area (Å²) >= 11 is 5.66. The number of halogens is 1. The van der Waals surface area contributed by atoms with Crippen molar-refractivity contribution >= 4 is 11.6 Å². The highest BCUT2D eigenvalue weighted by molar-refractivity contribution is 6.28. The Balaban J connectivity index is 2.18. The van der Waals surface area contributed by atoms with Crippen LogP contribution in [-0.4, -0.2) is 19.7 Å². The van der Waals surface area contributed by atoms with Gasteiger partial charge in [0.15, 0.2) is 0 Å². The van der Waals surface area contributed by atoms with Crippen molar-refractivity contribution in [1.29, 1.82) is 0 Å². The lowest BCUT2D eigenvalue weighted by Crippen LogP contribution is -2.02. The first-order chi connectivity index (χ1) is 6.74. The van der Waals surface area contributed by atoms with Gasteiger partial charge in [0.05, 0.1) is 18.4 Å². The highest BCUT2D eigenvalue weighted by Crippen LogP contribution is 2.03. The van der Waals surface area contributed by atoms with Gasteiger partial charge >= 0.3 is 0 Å². The van der Waals surface area contributed by atoms with Gasteiger partial charge in [0, 0.05) is 12.4 Å². The molecule has 0 aliphatic rings. The summed E-state index contributed by atoms with van der Waals surface area (Å²) in [4.78, 5) is 7.88. The molecule has 0 amide bonds. The molecule has 0 unspecified atom stereocenters. The van der Waals surface area contributed by atoms with Crippen LogP contribution in [-0.2, 0) is 6.54 Å². The Morgan fingerprint density at radius 1 is 1.50 bits per heavy atom. The number of hydrogen-bond acceptors (Lipinski definition) is 3. The second kappa shape index (κ2) is 3.75. The van der Waals surface area contributed by atoms with E-state index in [-0.39, 0.29) is 5.28 Å². The lowest BCUT2D eigenvalue weighted by Gasteiger charge is -2.00. The largest absolute Gasteiger partial charge is 0.266 e. The second-order valence-corrected chi connectivity index (χ2v) is 3.37. The fourth-order valence-corrected chi connectivity index (χ4v) is 1.34. The second-order valence-electron chi connectivity index (χ2n) is 3.03. The molecular formula is C9H9ClN4. The number of nitrogens with zero attached hydrogens (tertiary/aromatic N) is 4. The Hall–Kier alpha value is -1.42. The summed E-state index contributed by atoms with van der Waals surface area (Å²) in [6, 6.07) is 1.82. The Labute approximate surface area is 86.6 Å². The van der Waals surface area contributed by atoms with Gasteiger partial charge in [-0.2, -0.15) is 5.10 Å². The monoisotopic (exact) mass is 208 g/mol. The van der Waals surface area contributed by atoms with Crippen molar-refractivity contribution in [3.63, 3.8) is 0 Å². The van der Waals surface area contributed by atoms with Gasteiger partial charge < -0.3 is 0 Å². The van der Waals surface area contributed by atoms with Crippen LogP contribution in [0.2, 0.25) is 5.28 Å². The maximum atomic E-state index is 5.66. The smallest absolute Gasteiger partial charge is 0.222 e. The molecule has 0 saturated heterocycles. The van der Waals surface area contributed by atoms with E-state index in [0.717, 1.165) is 11.3 Å². The zero-order valence-electron chi connectivity index (χ0n) is 7.68. The standard InChI is InChI=1S/C9H9ClN4/c1-7-4-12-14(5-7)6-8-2-3-11-9(10)13-8/h2-5H,6H2,1H3. The van der Waals surface area contributed by atoms with Crippen molar-refractivity contribution in [2.45, 2.75) is 13.5 Å². The van der Waals surface area contributed by atoms with Gasteiger partial charge in [0.25, 0.3) is 0 Å².